The number of carbonyl (C=O) groups is 1. The van der Waals surface area contributed by atoms with Gasteiger partial charge in [0.2, 0.25) is 0 Å². The lowest BCUT2D eigenvalue weighted by Crippen LogP contribution is -2.45. The Balaban J connectivity index is 1.95. The maximum absolute atomic E-state index is 12.0. The van der Waals surface area contributed by atoms with Gasteiger partial charge in [-0.1, -0.05) is 0 Å². The molecular weight excluding hydrogens is 186 g/mol. The quantitative estimate of drug-likeness (QED) is 0.606. The average Bonchev–Trinajstić information content (AvgIpc) is 2.30. The molecule has 0 radical (unpaired) electrons. The Morgan fingerprint density at radius 3 is 2.87 bits per heavy atom. The summed E-state index contributed by atoms with van der Waals surface area (Å²) >= 11 is 0. The summed E-state index contributed by atoms with van der Waals surface area (Å²) in [5.74, 6) is 0.466. The van der Waals surface area contributed by atoms with Crippen molar-refractivity contribution in [2.45, 2.75) is 57.4 Å². The molecule has 1 saturated heterocycles. The highest BCUT2D eigenvalue weighted by Crippen LogP contribution is 2.37. The Kier molecular flexibility index (Phi) is 2.30. The van der Waals surface area contributed by atoms with Crippen molar-refractivity contribution in [1.82, 2.24) is 4.90 Å². The zero-order valence-corrected chi connectivity index (χ0v) is 9.30. The molecule has 0 saturated carbocycles. The Morgan fingerprint density at radius 2 is 1.93 bits per heavy atom. The van der Waals surface area contributed by atoms with Gasteiger partial charge in [-0.25, -0.2) is 0 Å². The predicted molar refractivity (Wildman–Crippen MR) is 59.5 cm³/mol. The number of hydrogen-bond donors (Lipinski definition) is 0. The summed E-state index contributed by atoms with van der Waals surface area (Å²) in [4.78, 5) is 14.6. The largest absolute Gasteiger partial charge is 0.371 e. The van der Waals surface area contributed by atoms with Crippen LogP contribution in [0.2, 0.25) is 0 Å². The molecule has 0 spiro atoms. The molecule has 2 heterocycles. The predicted octanol–water partition coefficient (Wildman–Crippen LogP) is 2.64. The number of fused-ring (bicyclic) bond motifs is 2. The van der Waals surface area contributed by atoms with Gasteiger partial charge in [0.15, 0.2) is 5.78 Å². The maximum atomic E-state index is 12.0. The molecule has 82 valence electrons. The van der Waals surface area contributed by atoms with Gasteiger partial charge in [-0.2, -0.15) is 0 Å². The average molecular weight is 205 g/mol. The molecular formula is C13H19NO. The van der Waals surface area contributed by atoms with Gasteiger partial charge in [0.1, 0.15) is 0 Å². The van der Waals surface area contributed by atoms with E-state index >= 15 is 0 Å². The molecule has 0 aromatic rings. The number of allylic oxidation sites excluding steroid dienone is 2. The minimum Gasteiger partial charge on any atom is -0.371 e. The lowest BCUT2D eigenvalue weighted by Gasteiger charge is -2.44. The van der Waals surface area contributed by atoms with Crippen molar-refractivity contribution >= 4 is 5.78 Å². The van der Waals surface area contributed by atoms with Crippen LogP contribution in [0.25, 0.3) is 0 Å². The summed E-state index contributed by atoms with van der Waals surface area (Å²) in [6.07, 6.45) is 9.41. The zero-order chi connectivity index (χ0) is 10.3. The molecule has 2 nitrogen and oxygen atoms in total. The molecule has 1 atom stereocenters. The van der Waals surface area contributed by atoms with Crippen LogP contribution in [0.1, 0.15) is 51.4 Å². The third-order valence-electron chi connectivity index (χ3n) is 4.17. The van der Waals surface area contributed by atoms with Crippen LogP contribution in [-0.2, 0) is 4.79 Å². The summed E-state index contributed by atoms with van der Waals surface area (Å²) in [6, 6.07) is 0.558. The molecule has 0 amide bonds. The molecule has 1 aliphatic carbocycles. The SMILES string of the molecule is O=C1CC2CCCCN2C2=C1CCCC2. The molecule has 0 aromatic heterocycles. The van der Waals surface area contributed by atoms with Crippen molar-refractivity contribution in [2.24, 2.45) is 0 Å². The van der Waals surface area contributed by atoms with Crippen molar-refractivity contribution < 1.29 is 4.79 Å². The van der Waals surface area contributed by atoms with Crippen LogP contribution < -0.4 is 0 Å². The van der Waals surface area contributed by atoms with E-state index in [1.165, 1.54) is 49.9 Å². The number of ketones is 1. The first-order valence-corrected chi connectivity index (χ1v) is 6.38. The second kappa shape index (κ2) is 3.66. The molecule has 2 aliphatic heterocycles. The van der Waals surface area contributed by atoms with Gasteiger partial charge < -0.3 is 4.90 Å². The fraction of sp³-hybridized carbons (Fsp3) is 0.769. The normalized spacial score (nSPS) is 31.3. The van der Waals surface area contributed by atoms with Crippen LogP contribution in [0.5, 0.6) is 0 Å². The van der Waals surface area contributed by atoms with Crippen LogP contribution in [-0.4, -0.2) is 23.3 Å². The van der Waals surface area contributed by atoms with Gasteiger partial charge in [0, 0.05) is 30.3 Å². The van der Waals surface area contributed by atoms with E-state index in [-0.39, 0.29) is 0 Å². The molecule has 0 aromatic carbocycles. The van der Waals surface area contributed by atoms with E-state index in [1.807, 2.05) is 0 Å². The van der Waals surface area contributed by atoms with E-state index in [9.17, 15) is 4.79 Å². The summed E-state index contributed by atoms with van der Waals surface area (Å²) in [6.45, 7) is 1.21. The summed E-state index contributed by atoms with van der Waals surface area (Å²) in [7, 11) is 0. The first-order valence-electron chi connectivity index (χ1n) is 6.38. The monoisotopic (exact) mass is 205 g/mol. The van der Waals surface area contributed by atoms with Crippen molar-refractivity contribution in [3.63, 3.8) is 0 Å². The van der Waals surface area contributed by atoms with Gasteiger partial charge >= 0.3 is 0 Å². The molecule has 15 heavy (non-hydrogen) atoms. The first kappa shape index (κ1) is 9.44. The van der Waals surface area contributed by atoms with Crippen molar-refractivity contribution in [3.05, 3.63) is 11.3 Å². The number of carbonyl (C=O) groups excluding carboxylic acids is 1. The third kappa shape index (κ3) is 1.51. The Morgan fingerprint density at radius 1 is 1.07 bits per heavy atom. The lowest BCUT2D eigenvalue weighted by atomic mass is 9.83. The van der Waals surface area contributed by atoms with E-state index in [2.05, 4.69) is 4.90 Å². The highest BCUT2D eigenvalue weighted by Gasteiger charge is 2.35. The zero-order valence-electron chi connectivity index (χ0n) is 9.30. The molecule has 1 fully saturated rings. The molecule has 1 unspecified atom stereocenters. The number of rotatable bonds is 0. The second-order valence-electron chi connectivity index (χ2n) is 5.10. The lowest BCUT2D eigenvalue weighted by molar-refractivity contribution is -0.118. The van der Waals surface area contributed by atoms with Crippen LogP contribution in [0, 0.1) is 0 Å². The van der Waals surface area contributed by atoms with Crippen molar-refractivity contribution in [3.8, 4) is 0 Å². The maximum Gasteiger partial charge on any atom is 0.162 e. The first-order chi connectivity index (χ1) is 7.36. The molecule has 0 bridgehead atoms. The number of hydrogen-bond acceptors (Lipinski definition) is 2. The van der Waals surface area contributed by atoms with Gasteiger partial charge in [-0.15, -0.1) is 0 Å². The van der Waals surface area contributed by atoms with Gasteiger partial charge in [-0.3, -0.25) is 4.79 Å². The Bertz CT molecular complexity index is 318. The van der Waals surface area contributed by atoms with E-state index in [4.69, 9.17) is 0 Å². The Labute approximate surface area is 91.3 Å². The molecule has 3 rings (SSSR count). The second-order valence-corrected chi connectivity index (χ2v) is 5.10. The van der Waals surface area contributed by atoms with Gasteiger partial charge in [-0.05, 0) is 44.9 Å². The number of piperidine rings is 1. The summed E-state index contributed by atoms with van der Waals surface area (Å²) in [5.41, 5.74) is 2.63. The van der Waals surface area contributed by atoms with Crippen LogP contribution in [0.4, 0.5) is 0 Å². The third-order valence-corrected chi connectivity index (χ3v) is 4.17. The summed E-state index contributed by atoms with van der Waals surface area (Å²) < 4.78 is 0. The smallest absolute Gasteiger partial charge is 0.162 e. The Hall–Kier alpha value is -0.790. The molecule has 2 heteroatoms. The van der Waals surface area contributed by atoms with Gasteiger partial charge in [0.25, 0.3) is 0 Å². The minimum atomic E-state index is 0.466. The standard InChI is InChI=1S/C13H19NO/c15-13-9-10-5-3-4-8-14(10)12-7-2-1-6-11(12)13/h10H,1-9H2. The van der Waals surface area contributed by atoms with E-state index in [0.29, 0.717) is 11.8 Å². The van der Waals surface area contributed by atoms with Crippen LogP contribution in [0.15, 0.2) is 11.3 Å². The van der Waals surface area contributed by atoms with Crippen molar-refractivity contribution in [1.29, 1.82) is 0 Å². The molecule has 0 N–H and O–H groups in total. The number of nitrogens with zero attached hydrogens (tertiary/aromatic N) is 1. The highest BCUT2D eigenvalue weighted by molar-refractivity contribution is 5.97. The van der Waals surface area contributed by atoms with Crippen molar-refractivity contribution in [2.75, 3.05) is 6.54 Å². The fourth-order valence-electron chi connectivity index (χ4n) is 3.41. The minimum absolute atomic E-state index is 0.466. The van der Waals surface area contributed by atoms with E-state index < -0.39 is 0 Å². The van der Waals surface area contributed by atoms with Gasteiger partial charge in [0.05, 0.1) is 0 Å². The van der Waals surface area contributed by atoms with Crippen LogP contribution >= 0.6 is 0 Å². The molecule has 3 aliphatic rings. The summed E-state index contributed by atoms with van der Waals surface area (Å²) in [5, 5.41) is 0. The highest BCUT2D eigenvalue weighted by atomic mass is 16.1. The van der Waals surface area contributed by atoms with E-state index in [1.54, 1.807) is 0 Å². The number of Topliss-reactive ketones (excluding diaryl/α,β-unsaturated/α-hetero) is 1. The fourth-order valence-corrected chi connectivity index (χ4v) is 3.41. The van der Waals surface area contributed by atoms with Crippen LogP contribution in [0.3, 0.4) is 0 Å². The van der Waals surface area contributed by atoms with E-state index in [0.717, 1.165) is 19.3 Å². The topological polar surface area (TPSA) is 20.3 Å².